The van der Waals surface area contributed by atoms with Gasteiger partial charge in [-0.15, -0.1) is 0 Å². The minimum Gasteiger partial charge on any atom is -0.349 e. The summed E-state index contributed by atoms with van der Waals surface area (Å²) < 4.78 is 104. The number of hydrogen-bond donors (Lipinski definition) is 1. The summed E-state index contributed by atoms with van der Waals surface area (Å²) in [4.78, 5) is 20.6. The van der Waals surface area contributed by atoms with E-state index in [0.717, 1.165) is 28.6 Å². The molecular formula is C24H20F6N4O3S. The molecule has 1 N–H and O–H groups in total. The molecule has 1 aromatic heterocycles. The number of carbonyl (C=O) groups excluding carboxylic acids is 1. The first kappa shape index (κ1) is 27.5. The van der Waals surface area contributed by atoms with Gasteiger partial charge in [0.15, 0.2) is 0 Å². The van der Waals surface area contributed by atoms with Crippen molar-refractivity contribution in [2.24, 2.45) is 0 Å². The Morgan fingerprint density at radius 1 is 0.921 bits per heavy atom. The molecule has 0 radical (unpaired) electrons. The highest BCUT2D eigenvalue weighted by Gasteiger charge is 2.40. The maximum atomic E-state index is 13.0. The summed E-state index contributed by atoms with van der Waals surface area (Å²) >= 11 is 0. The molecule has 3 aromatic rings. The standard InChI is InChI=1S/C24H20F6N4O3S/c25-23(26,27)16-5-3-15(4-6-16)20-12-18(32-14-33-20)13-31-22(35)21-2-1-11-34(21)38(36,37)19-9-7-17(8-10-19)24(28,29)30/h3-10,12,14,21H,1-2,11,13H2,(H,31,35)/t21-/m0/s1. The molecule has 1 aliphatic heterocycles. The van der Waals surface area contributed by atoms with E-state index in [1.54, 1.807) is 0 Å². The minimum absolute atomic E-state index is 0.0209. The zero-order valence-electron chi connectivity index (χ0n) is 19.4. The summed E-state index contributed by atoms with van der Waals surface area (Å²) in [6.45, 7) is -0.0906. The van der Waals surface area contributed by atoms with Gasteiger partial charge in [0.2, 0.25) is 15.9 Å². The van der Waals surface area contributed by atoms with Crippen molar-refractivity contribution in [1.29, 1.82) is 0 Å². The van der Waals surface area contributed by atoms with Crippen molar-refractivity contribution in [2.45, 2.75) is 42.7 Å². The molecule has 14 heteroatoms. The molecule has 0 unspecified atom stereocenters. The first-order valence-corrected chi connectivity index (χ1v) is 12.7. The van der Waals surface area contributed by atoms with Crippen LogP contribution >= 0.6 is 0 Å². The highest BCUT2D eigenvalue weighted by Crippen LogP contribution is 2.32. The molecule has 1 fully saturated rings. The fraction of sp³-hybridized carbons (Fsp3) is 0.292. The van der Waals surface area contributed by atoms with Crippen molar-refractivity contribution in [2.75, 3.05) is 6.54 Å². The summed E-state index contributed by atoms with van der Waals surface area (Å²) in [5.74, 6) is -0.618. The van der Waals surface area contributed by atoms with E-state index in [4.69, 9.17) is 0 Å². The van der Waals surface area contributed by atoms with Gasteiger partial charge in [-0.05, 0) is 55.3 Å². The number of alkyl halides is 6. The van der Waals surface area contributed by atoms with Crippen LogP contribution in [-0.4, -0.2) is 41.2 Å². The van der Waals surface area contributed by atoms with Gasteiger partial charge in [0.1, 0.15) is 12.4 Å². The molecule has 1 saturated heterocycles. The van der Waals surface area contributed by atoms with Crippen LogP contribution in [0.15, 0.2) is 65.8 Å². The highest BCUT2D eigenvalue weighted by atomic mass is 32.2. The average Bonchev–Trinajstić information content (AvgIpc) is 3.38. The van der Waals surface area contributed by atoms with Gasteiger partial charge in [0.25, 0.3) is 0 Å². The van der Waals surface area contributed by atoms with Crippen LogP contribution in [0.2, 0.25) is 0 Å². The lowest BCUT2D eigenvalue weighted by Gasteiger charge is -2.23. The molecule has 7 nitrogen and oxygen atoms in total. The normalized spacial score (nSPS) is 16.9. The molecule has 38 heavy (non-hydrogen) atoms. The maximum Gasteiger partial charge on any atom is 0.416 e. The van der Waals surface area contributed by atoms with Crippen molar-refractivity contribution < 1.29 is 39.6 Å². The molecule has 0 aliphatic carbocycles. The zero-order valence-corrected chi connectivity index (χ0v) is 20.2. The summed E-state index contributed by atoms with van der Waals surface area (Å²) in [5.41, 5.74) is -0.746. The highest BCUT2D eigenvalue weighted by molar-refractivity contribution is 7.89. The second-order valence-corrected chi connectivity index (χ2v) is 10.4. The Morgan fingerprint density at radius 3 is 2.08 bits per heavy atom. The largest absolute Gasteiger partial charge is 0.416 e. The van der Waals surface area contributed by atoms with E-state index in [2.05, 4.69) is 15.3 Å². The minimum atomic E-state index is -4.62. The van der Waals surface area contributed by atoms with E-state index in [9.17, 15) is 39.6 Å². The number of hydrogen-bond acceptors (Lipinski definition) is 5. The molecule has 2 heterocycles. The molecule has 1 aliphatic rings. The van der Waals surface area contributed by atoms with Crippen LogP contribution in [0, 0.1) is 0 Å². The number of aromatic nitrogens is 2. The molecule has 1 amide bonds. The summed E-state index contributed by atoms with van der Waals surface area (Å²) in [5, 5.41) is 2.60. The second-order valence-electron chi connectivity index (χ2n) is 8.48. The third-order valence-electron chi connectivity index (χ3n) is 5.97. The van der Waals surface area contributed by atoms with E-state index in [1.807, 2.05) is 0 Å². The fourth-order valence-corrected chi connectivity index (χ4v) is 5.68. The van der Waals surface area contributed by atoms with Gasteiger partial charge < -0.3 is 5.32 Å². The number of carbonyl (C=O) groups is 1. The van der Waals surface area contributed by atoms with Gasteiger partial charge in [0.05, 0.1) is 34.0 Å². The molecule has 0 bridgehead atoms. The molecular weight excluding hydrogens is 538 g/mol. The first-order chi connectivity index (χ1) is 17.8. The third kappa shape index (κ3) is 5.96. The SMILES string of the molecule is O=C(NCc1cc(-c2ccc(C(F)(F)F)cc2)ncn1)[C@@H]1CCCN1S(=O)(=O)c1ccc(C(F)(F)F)cc1. The average molecular weight is 559 g/mol. The van der Waals surface area contributed by atoms with Crippen LogP contribution in [0.4, 0.5) is 26.3 Å². The quantitative estimate of drug-likeness (QED) is 0.445. The number of amides is 1. The molecule has 202 valence electrons. The van der Waals surface area contributed by atoms with Crippen LogP contribution in [0.3, 0.4) is 0 Å². The number of halogens is 6. The molecule has 1 atom stereocenters. The summed E-state index contributed by atoms with van der Waals surface area (Å²) in [7, 11) is -4.24. The van der Waals surface area contributed by atoms with Gasteiger partial charge in [0, 0.05) is 12.1 Å². The van der Waals surface area contributed by atoms with Crippen LogP contribution in [0.5, 0.6) is 0 Å². The van der Waals surface area contributed by atoms with Crippen molar-refractivity contribution in [3.63, 3.8) is 0 Å². The van der Waals surface area contributed by atoms with Crippen molar-refractivity contribution in [3.8, 4) is 11.3 Å². The predicted octanol–water partition coefficient (Wildman–Crippen LogP) is 4.65. The third-order valence-corrected chi connectivity index (χ3v) is 7.89. The molecule has 0 spiro atoms. The zero-order chi connectivity index (χ0) is 27.7. The summed E-state index contributed by atoms with van der Waals surface area (Å²) in [6, 6.07) is 7.82. The Kier molecular flexibility index (Phi) is 7.48. The van der Waals surface area contributed by atoms with Gasteiger partial charge >= 0.3 is 12.4 Å². The summed E-state index contributed by atoms with van der Waals surface area (Å²) in [6.07, 6.45) is -7.32. The Hall–Kier alpha value is -3.52. The monoisotopic (exact) mass is 558 g/mol. The number of nitrogens with one attached hydrogen (secondary N) is 1. The van der Waals surface area contributed by atoms with Crippen LogP contribution in [-0.2, 0) is 33.7 Å². The fourth-order valence-electron chi connectivity index (χ4n) is 4.02. The topological polar surface area (TPSA) is 92.3 Å². The van der Waals surface area contributed by atoms with Crippen molar-refractivity contribution >= 4 is 15.9 Å². The predicted molar refractivity (Wildman–Crippen MR) is 123 cm³/mol. The lowest BCUT2D eigenvalue weighted by Crippen LogP contribution is -2.45. The van der Waals surface area contributed by atoms with Gasteiger partial charge in [-0.3, -0.25) is 4.79 Å². The molecule has 2 aromatic carbocycles. The number of benzene rings is 2. The Balaban J connectivity index is 1.44. The van der Waals surface area contributed by atoms with E-state index in [-0.39, 0.29) is 24.4 Å². The molecule has 4 rings (SSSR count). The molecule has 0 saturated carbocycles. The Labute approximate surface area is 213 Å². The van der Waals surface area contributed by atoms with E-state index < -0.39 is 45.5 Å². The number of rotatable bonds is 6. The van der Waals surface area contributed by atoms with Crippen molar-refractivity contribution in [3.05, 3.63) is 77.7 Å². The maximum absolute atomic E-state index is 13.0. The lowest BCUT2D eigenvalue weighted by atomic mass is 10.1. The van der Waals surface area contributed by atoms with Crippen LogP contribution in [0.1, 0.15) is 29.7 Å². The number of sulfonamides is 1. The lowest BCUT2D eigenvalue weighted by molar-refractivity contribution is -0.138. The van der Waals surface area contributed by atoms with Crippen molar-refractivity contribution in [1.82, 2.24) is 19.6 Å². The Bertz CT molecular complexity index is 1410. The van der Waals surface area contributed by atoms with E-state index in [0.29, 0.717) is 35.5 Å². The van der Waals surface area contributed by atoms with E-state index >= 15 is 0 Å². The number of nitrogens with zero attached hydrogens (tertiary/aromatic N) is 3. The van der Waals surface area contributed by atoms with Gasteiger partial charge in [-0.25, -0.2) is 18.4 Å². The first-order valence-electron chi connectivity index (χ1n) is 11.2. The van der Waals surface area contributed by atoms with E-state index in [1.165, 1.54) is 24.5 Å². The van der Waals surface area contributed by atoms with Gasteiger partial charge in [-0.2, -0.15) is 30.6 Å². The smallest absolute Gasteiger partial charge is 0.349 e. The van der Waals surface area contributed by atoms with Crippen LogP contribution in [0.25, 0.3) is 11.3 Å². The Morgan fingerprint density at radius 2 is 1.50 bits per heavy atom. The second kappa shape index (κ2) is 10.3. The van der Waals surface area contributed by atoms with Crippen LogP contribution < -0.4 is 5.32 Å². The van der Waals surface area contributed by atoms with Gasteiger partial charge in [-0.1, -0.05) is 12.1 Å².